The Hall–Kier alpha value is -2.98. The summed E-state index contributed by atoms with van der Waals surface area (Å²) in [5.41, 5.74) is 0. The first-order chi connectivity index (χ1) is 11.3. The zero-order valence-electron chi connectivity index (χ0n) is 11.9. The van der Waals surface area contributed by atoms with Crippen molar-refractivity contribution in [2.45, 2.75) is 19.0 Å². The van der Waals surface area contributed by atoms with Crippen molar-refractivity contribution in [1.82, 2.24) is 9.55 Å². The van der Waals surface area contributed by atoms with Gasteiger partial charge in [0, 0.05) is 4.98 Å². The summed E-state index contributed by atoms with van der Waals surface area (Å²) in [6, 6.07) is 5.06. The lowest BCUT2D eigenvalue weighted by Crippen LogP contribution is -2.23. The number of hydrogen-bond acceptors (Lipinski definition) is 6. The van der Waals surface area contributed by atoms with Gasteiger partial charge in [0.1, 0.15) is 24.3 Å². The van der Waals surface area contributed by atoms with Crippen molar-refractivity contribution < 1.29 is 32.3 Å². The van der Waals surface area contributed by atoms with Crippen LogP contribution in [0.4, 0.5) is 19.0 Å². The molecule has 1 aromatic carbocycles. The van der Waals surface area contributed by atoms with E-state index in [0.717, 1.165) is 12.1 Å². The molecular weight excluding hydrogens is 335 g/mol. The van der Waals surface area contributed by atoms with Gasteiger partial charge in [-0.3, -0.25) is 4.57 Å². The molecule has 11 heteroatoms. The summed E-state index contributed by atoms with van der Waals surface area (Å²) < 4.78 is 52.2. The van der Waals surface area contributed by atoms with E-state index in [1.165, 1.54) is 22.9 Å². The first kappa shape index (κ1) is 15.9. The van der Waals surface area contributed by atoms with Gasteiger partial charge < -0.3 is 24.3 Å². The van der Waals surface area contributed by atoms with E-state index in [2.05, 4.69) is 9.72 Å². The Morgan fingerprint density at radius 1 is 1.33 bits per heavy atom. The van der Waals surface area contributed by atoms with Crippen LogP contribution in [0, 0.1) is 10.1 Å². The molecule has 2 aromatic rings. The summed E-state index contributed by atoms with van der Waals surface area (Å²) in [7, 11) is 0. The fourth-order valence-corrected chi connectivity index (χ4v) is 2.12. The summed E-state index contributed by atoms with van der Waals surface area (Å²) in [6.45, 7) is 0.433. The number of imidazole rings is 1. The molecule has 1 atom stereocenters. The lowest BCUT2D eigenvalue weighted by atomic mass is 10.3. The second-order valence-electron chi connectivity index (χ2n) is 4.86. The highest BCUT2D eigenvalue weighted by Crippen LogP contribution is 2.27. The minimum absolute atomic E-state index is 0.108. The standard InChI is InChI=1S/C13H10F3N3O5/c14-13(15,16)24-9-3-1-8(2-4-9)22-7-10-5-18-6-11(19(20)21)17-12(18)23-10/h1-4,6,10H,5,7H2/t10-/m0/s1. The molecule has 24 heavy (non-hydrogen) atoms. The highest BCUT2D eigenvalue weighted by atomic mass is 19.4. The van der Waals surface area contributed by atoms with Crippen molar-refractivity contribution in [3.63, 3.8) is 0 Å². The SMILES string of the molecule is O=[N+]([O-])c1cn2c(n1)O[C@H](COc1ccc(OC(F)(F)F)cc1)C2. The fourth-order valence-electron chi connectivity index (χ4n) is 2.12. The number of fused-ring (bicyclic) bond motifs is 1. The van der Waals surface area contributed by atoms with Gasteiger partial charge in [0.15, 0.2) is 6.10 Å². The average Bonchev–Trinajstić information content (AvgIpc) is 3.03. The van der Waals surface area contributed by atoms with Crippen LogP contribution in [0.15, 0.2) is 30.5 Å². The van der Waals surface area contributed by atoms with Crippen LogP contribution in [0.3, 0.4) is 0 Å². The number of hydrogen-bond donors (Lipinski definition) is 0. The Bertz CT molecular complexity index is 721. The first-order valence-electron chi connectivity index (χ1n) is 6.67. The van der Waals surface area contributed by atoms with Crippen molar-refractivity contribution >= 4 is 5.82 Å². The number of benzene rings is 1. The Balaban J connectivity index is 1.52. The van der Waals surface area contributed by atoms with Gasteiger partial charge >= 0.3 is 18.2 Å². The third kappa shape index (κ3) is 3.67. The fraction of sp³-hybridized carbons (Fsp3) is 0.308. The van der Waals surface area contributed by atoms with E-state index in [4.69, 9.17) is 9.47 Å². The van der Waals surface area contributed by atoms with Crippen molar-refractivity contribution in [2.75, 3.05) is 6.61 Å². The van der Waals surface area contributed by atoms with Gasteiger partial charge in [-0.25, -0.2) is 0 Å². The number of alkyl halides is 3. The zero-order valence-corrected chi connectivity index (χ0v) is 11.9. The van der Waals surface area contributed by atoms with Crippen LogP contribution in [-0.2, 0) is 6.54 Å². The Kier molecular flexibility index (Phi) is 3.91. The topological polar surface area (TPSA) is 88.7 Å². The summed E-state index contributed by atoms with van der Waals surface area (Å²) in [4.78, 5) is 13.7. The lowest BCUT2D eigenvalue weighted by molar-refractivity contribution is -0.389. The molecule has 0 unspecified atom stereocenters. The summed E-state index contributed by atoms with van der Waals surface area (Å²) in [5, 5.41) is 10.6. The minimum atomic E-state index is -4.75. The molecule has 0 saturated heterocycles. The minimum Gasteiger partial charge on any atom is -0.490 e. The molecule has 8 nitrogen and oxygen atoms in total. The molecule has 0 N–H and O–H groups in total. The Labute approximate surface area is 132 Å². The molecule has 2 heterocycles. The molecule has 1 aliphatic heterocycles. The number of ether oxygens (including phenoxy) is 3. The van der Waals surface area contributed by atoms with Crippen molar-refractivity contribution in [3.05, 3.63) is 40.6 Å². The van der Waals surface area contributed by atoms with E-state index in [1.54, 1.807) is 0 Å². The van der Waals surface area contributed by atoms with E-state index in [-0.39, 0.29) is 24.2 Å². The smallest absolute Gasteiger partial charge is 0.490 e. The highest BCUT2D eigenvalue weighted by molar-refractivity contribution is 5.31. The van der Waals surface area contributed by atoms with Crippen LogP contribution in [0.25, 0.3) is 0 Å². The van der Waals surface area contributed by atoms with Crippen LogP contribution in [-0.4, -0.2) is 33.5 Å². The summed E-state index contributed by atoms with van der Waals surface area (Å²) >= 11 is 0. The van der Waals surface area contributed by atoms with Crippen molar-refractivity contribution in [1.29, 1.82) is 0 Å². The number of nitrogens with zero attached hydrogens (tertiary/aromatic N) is 3. The van der Waals surface area contributed by atoms with Gasteiger partial charge in [-0.05, 0) is 29.2 Å². The number of nitro groups is 1. The zero-order chi connectivity index (χ0) is 17.3. The van der Waals surface area contributed by atoms with E-state index in [9.17, 15) is 23.3 Å². The normalized spacial score (nSPS) is 16.4. The Morgan fingerprint density at radius 2 is 2.00 bits per heavy atom. The maximum absolute atomic E-state index is 12.1. The quantitative estimate of drug-likeness (QED) is 0.611. The molecule has 1 aliphatic rings. The molecule has 0 aliphatic carbocycles. The molecule has 0 spiro atoms. The van der Waals surface area contributed by atoms with E-state index in [0.29, 0.717) is 12.3 Å². The van der Waals surface area contributed by atoms with E-state index < -0.39 is 17.4 Å². The molecule has 0 radical (unpaired) electrons. The molecule has 0 fully saturated rings. The summed E-state index contributed by atoms with van der Waals surface area (Å²) in [5.74, 6) is -0.312. The van der Waals surface area contributed by atoms with Crippen molar-refractivity contribution in [2.24, 2.45) is 0 Å². The summed E-state index contributed by atoms with van der Waals surface area (Å²) in [6.07, 6.45) is -3.89. The molecule has 128 valence electrons. The van der Waals surface area contributed by atoms with Crippen LogP contribution in [0.2, 0.25) is 0 Å². The predicted octanol–water partition coefficient (Wildman–Crippen LogP) is 2.53. The molecule has 0 bridgehead atoms. The highest BCUT2D eigenvalue weighted by Gasteiger charge is 2.32. The van der Waals surface area contributed by atoms with Crippen LogP contribution in [0.1, 0.15) is 0 Å². The van der Waals surface area contributed by atoms with Crippen LogP contribution in [0.5, 0.6) is 17.5 Å². The molecule has 1 aromatic heterocycles. The Morgan fingerprint density at radius 3 is 2.58 bits per heavy atom. The van der Waals surface area contributed by atoms with Gasteiger partial charge in [0.25, 0.3) is 0 Å². The predicted molar refractivity (Wildman–Crippen MR) is 71.9 cm³/mol. The second kappa shape index (κ2) is 5.91. The third-order valence-corrected chi connectivity index (χ3v) is 3.08. The average molecular weight is 345 g/mol. The number of rotatable bonds is 5. The van der Waals surface area contributed by atoms with Crippen LogP contribution >= 0.6 is 0 Å². The van der Waals surface area contributed by atoms with Gasteiger partial charge in [-0.2, -0.15) is 0 Å². The third-order valence-electron chi connectivity index (χ3n) is 3.08. The maximum atomic E-state index is 12.1. The lowest BCUT2D eigenvalue weighted by Gasteiger charge is -2.12. The van der Waals surface area contributed by atoms with Gasteiger partial charge in [0.05, 0.1) is 6.54 Å². The van der Waals surface area contributed by atoms with E-state index >= 15 is 0 Å². The van der Waals surface area contributed by atoms with Gasteiger partial charge in [-0.15, -0.1) is 13.2 Å². The molecule has 3 rings (SSSR count). The van der Waals surface area contributed by atoms with E-state index in [1.807, 2.05) is 0 Å². The molecule has 0 amide bonds. The largest absolute Gasteiger partial charge is 0.573 e. The van der Waals surface area contributed by atoms with Gasteiger partial charge in [0.2, 0.25) is 0 Å². The second-order valence-corrected chi connectivity index (χ2v) is 4.86. The van der Waals surface area contributed by atoms with Crippen molar-refractivity contribution in [3.8, 4) is 17.5 Å². The molecule has 0 saturated carbocycles. The maximum Gasteiger partial charge on any atom is 0.573 e. The first-order valence-corrected chi connectivity index (χ1v) is 6.67. The monoisotopic (exact) mass is 345 g/mol. The molecular formula is C13H10F3N3O5. The number of aromatic nitrogens is 2. The van der Waals surface area contributed by atoms with Gasteiger partial charge in [-0.1, -0.05) is 0 Å². The number of halogens is 3. The van der Waals surface area contributed by atoms with Crippen LogP contribution < -0.4 is 14.2 Å².